The molecule has 0 saturated heterocycles. The summed E-state index contributed by atoms with van der Waals surface area (Å²) in [5, 5.41) is 17.7. The van der Waals surface area contributed by atoms with Crippen molar-refractivity contribution in [3.63, 3.8) is 0 Å². The van der Waals surface area contributed by atoms with Crippen LogP contribution < -0.4 is 0 Å². The Morgan fingerprint density at radius 3 is 2.69 bits per heavy atom. The van der Waals surface area contributed by atoms with E-state index in [2.05, 4.69) is 26.3 Å². The molecule has 3 aliphatic rings. The van der Waals surface area contributed by atoms with Crippen molar-refractivity contribution < 1.29 is 14.3 Å². The minimum absolute atomic E-state index is 0.00109. The summed E-state index contributed by atoms with van der Waals surface area (Å²) in [6.07, 6.45) is 5.37. The molecule has 3 aromatic heterocycles. The largest absolute Gasteiger partial charge is 0.457 e. The fourth-order valence-corrected chi connectivity index (χ4v) is 5.63. The molecule has 1 atom stereocenters. The molecule has 0 amide bonds. The maximum atomic E-state index is 12.7. The van der Waals surface area contributed by atoms with Gasteiger partial charge < -0.3 is 4.74 Å². The summed E-state index contributed by atoms with van der Waals surface area (Å²) in [6.45, 7) is 1.73. The zero-order chi connectivity index (χ0) is 24.8. The second kappa shape index (κ2) is 8.54. The molecule has 2 bridgehead atoms. The number of Topliss-reactive ketones (excluding diaryl/α,β-unsaturated/α-hetero) is 1. The molecule has 6 rings (SSSR count). The number of nitrogens with zero attached hydrogens (tertiary/aromatic N) is 6. The molecule has 3 heterocycles. The van der Waals surface area contributed by atoms with Crippen molar-refractivity contribution in [2.75, 3.05) is 0 Å². The Labute approximate surface area is 207 Å². The highest BCUT2D eigenvalue weighted by molar-refractivity contribution is 6.30. The van der Waals surface area contributed by atoms with Gasteiger partial charge >= 0.3 is 5.97 Å². The summed E-state index contributed by atoms with van der Waals surface area (Å²) in [6, 6.07) is 9.29. The first-order chi connectivity index (χ1) is 16.7. The fraction of sp³-hybridized carbons (Fsp3) is 0.400. The molecule has 3 fully saturated rings. The summed E-state index contributed by atoms with van der Waals surface area (Å²) in [5.74, 6) is -0.439. The first-order valence-electron chi connectivity index (χ1n) is 11.3. The van der Waals surface area contributed by atoms with Crippen LogP contribution in [-0.4, -0.2) is 36.7 Å². The number of carbonyl (C=O) groups is 2. The van der Waals surface area contributed by atoms with Gasteiger partial charge in [0.05, 0.1) is 29.3 Å². The maximum absolute atomic E-state index is 12.7. The van der Waals surface area contributed by atoms with Crippen molar-refractivity contribution in [2.24, 2.45) is 17.9 Å². The lowest BCUT2D eigenvalue weighted by molar-refractivity contribution is -0.159. The van der Waals surface area contributed by atoms with Crippen molar-refractivity contribution in [3.05, 3.63) is 58.6 Å². The third-order valence-corrected chi connectivity index (χ3v) is 7.35. The second-order valence-electron chi connectivity index (χ2n) is 9.66. The van der Waals surface area contributed by atoms with E-state index in [1.807, 2.05) is 0 Å². The van der Waals surface area contributed by atoms with Gasteiger partial charge in [-0.3, -0.25) is 19.3 Å². The van der Waals surface area contributed by atoms with Gasteiger partial charge in [-0.25, -0.2) is 4.98 Å². The summed E-state index contributed by atoms with van der Waals surface area (Å²) < 4.78 is 7.06. The Morgan fingerprint density at radius 2 is 2.03 bits per heavy atom. The van der Waals surface area contributed by atoms with E-state index < -0.39 is 12.1 Å². The Kier molecular flexibility index (Phi) is 5.64. The van der Waals surface area contributed by atoms with Gasteiger partial charge in [0.25, 0.3) is 0 Å². The lowest BCUT2D eigenvalue weighted by Crippen LogP contribution is -2.61. The molecule has 0 radical (unpaired) electrons. The normalized spacial score (nSPS) is 22.9. The molecular weight excluding hydrogens is 468 g/mol. The van der Waals surface area contributed by atoms with Gasteiger partial charge in [-0.05, 0) is 49.8 Å². The van der Waals surface area contributed by atoms with E-state index >= 15 is 0 Å². The summed E-state index contributed by atoms with van der Waals surface area (Å²) in [5.41, 5.74) is 2.48. The quantitative estimate of drug-likeness (QED) is 0.263. The summed E-state index contributed by atoms with van der Waals surface area (Å²) in [7, 11) is 1.69. The molecule has 0 aromatic carbocycles. The highest BCUT2D eigenvalue weighted by atomic mass is 35.5. The van der Waals surface area contributed by atoms with Crippen LogP contribution in [0.3, 0.4) is 0 Å². The lowest BCUT2D eigenvalue weighted by Gasteiger charge is -2.67. The number of ketones is 1. The number of ether oxygens (including phenoxy) is 1. The zero-order valence-electron chi connectivity index (χ0n) is 19.4. The molecule has 3 saturated carbocycles. The van der Waals surface area contributed by atoms with Gasteiger partial charge in [-0.2, -0.15) is 5.26 Å². The summed E-state index contributed by atoms with van der Waals surface area (Å²) >= 11 is 6.10. The zero-order valence-corrected chi connectivity index (χ0v) is 20.1. The van der Waals surface area contributed by atoms with Crippen LogP contribution in [0.25, 0.3) is 11.4 Å². The standard InChI is InChI=1S/C25H23ClN6O3/c1-15(17-4-3-7-28-23(17)26)35-21(34)8-19-22(30-31-32(19)2)18-6-5-16(10-29-18)20(33)9-24-11-25(12-24,13-24)14-27/h3-7,10,15H,8-9,11-13H2,1-2H3/t15-,24?,25?/m1/s1. The summed E-state index contributed by atoms with van der Waals surface area (Å²) in [4.78, 5) is 33.8. The van der Waals surface area contributed by atoms with Gasteiger partial charge in [0.15, 0.2) is 5.78 Å². The van der Waals surface area contributed by atoms with Crippen molar-refractivity contribution in [1.82, 2.24) is 25.0 Å². The van der Waals surface area contributed by atoms with Gasteiger partial charge in [-0.1, -0.05) is 22.9 Å². The fourth-order valence-electron chi connectivity index (χ4n) is 5.36. The maximum Gasteiger partial charge on any atom is 0.312 e. The van der Waals surface area contributed by atoms with Crippen LogP contribution in [0.15, 0.2) is 36.7 Å². The Bertz CT molecular complexity index is 1340. The number of rotatable bonds is 8. The third-order valence-electron chi connectivity index (χ3n) is 7.03. The minimum Gasteiger partial charge on any atom is -0.457 e. The number of carbonyl (C=O) groups excluding carboxylic acids is 2. The van der Waals surface area contributed by atoms with Crippen LogP contribution in [0.2, 0.25) is 5.15 Å². The predicted molar refractivity (Wildman–Crippen MR) is 125 cm³/mol. The Hall–Kier alpha value is -3.64. The molecule has 3 aliphatic carbocycles. The highest BCUT2D eigenvalue weighted by Crippen LogP contribution is 2.74. The Balaban J connectivity index is 1.25. The predicted octanol–water partition coefficient (Wildman–Crippen LogP) is 4.04. The number of aryl methyl sites for hydroxylation is 1. The molecule has 3 aromatic rings. The second-order valence-corrected chi connectivity index (χ2v) is 10.0. The molecule has 0 spiro atoms. The van der Waals surface area contributed by atoms with Crippen molar-refractivity contribution in [3.8, 4) is 17.5 Å². The van der Waals surface area contributed by atoms with Crippen molar-refractivity contribution >= 4 is 23.4 Å². The third kappa shape index (κ3) is 4.19. The Morgan fingerprint density at radius 1 is 1.26 bits per heavy atom. The topological polar surface area (TPSA) is 124 Å². The molecule has 0 N–H and O–H groups in total. The number of hydrogen-bond acceptors (Lipinski definition) is 8. The van der Waals surface area contributed by atoms with Crippen molar-refractivity contribution in [2.45, 2.75) is 45.1 Å². The van der Waals surface area contributed by atoms with Gasteiger partial charge in [0.1, 0.15) is 17.0 Å². The van der Waals surface area contributed by atoms with E-state index in [1.54, 1.807) is 44.4 Å². The van der Waals surface area contributed by atoms with Crippen LogP contribution >= 0.6 is 11.6 Å². The monoisotopic (exact) mass is 490 g/mol. The van der Waals surface area contributed by atoms with Gasteiger partial charge in [-0.15, -0.1) is 5.10 Å². The number of pyridine rings is 2. The lowest BCUT2D eigenvalue weighted by atomic mass is 9.34. The van der Waals surface area contributed by atoms with Gasteiger partial charge in [0.2, 0.25) is 0 Å². The minimum atomic E-state index is -0.569. The first kappa shape index (κ1) is 23.1. The molecule has 0 aliphatic heterocycles. The van der Waals surface area contributed by atoms with Crippen LogP contribution in [0.4, 0.5) is 0 Å². The van der Waals surface area contributed by atoms with Crippen LogP contribution in [0.5, 0.6) is 0 Å². The molecule has 35 heavy (non-hydrogen) atoms. The van der Waals surface area contributed by atoms with E-state index in [9.17, 15) is 14.9 Å². The average Bonchev–Trinajstić information content (AvgIpc) is 3.15. The van der Waals surface area contributed by atoms with E-state index in [-0.39, 0.29) is 28.2 Å². The SMILES string of the molecule is C[C@@H](OC(=O)Cc1c(-c2ccc(C(=O)CC34CC(C#N)(C3)C4)cn2)nnn1C)c1cccnc1Cl. The van der Waals surface area contributed by atoms with Gasteiger partial charge in [0, 0.05) is 37.0 Å². The van der Waals surface area contributed by atoms with E-state index in [0.717, 1.165) is 19.3 Å². The van der Waals surface area contributed by atoms with Crippen LogP contribution in [0.1, 0.15) is 60.3 Å². The molecule has 178 valence electrons. The molecule has 10 heteroatoms. The van der Waals surface area contributed by atoms with Crippen molar-refractivity contribution in [1.29, 1.82) is 5.26 Å². The molecule has 9 nitrogen and oxygen atoms in total. The molecule has 0 unspecified atom stereocenters. The number of nitriles is 1. The van der Waals surface area contributed by atoms with E-state index in [1.165, 1.54) is 10.9 Å². The van der Waals surface area contributed by atoms with E-state index in [0.29, 0.717) is 34.6 Å². The smallest absolute Gasteiger partial charge is 0.312 e. The van der Waals surface area contributed by atoms with E-state index in [4.69, 9.17) is 16.3 Å². The number of hydrogen-bond donors (Lipinski definition) is 0. The first-order valence-corrected chi connectivity index (χ1v) is 11.7. The average molecular weight is 491 g/mol. The highest BCUT2D eigenvalue weighted by Gasteiger charge is 2.68. The number of halogens is 1. The number of esters is 1. The molecular formula is C25H23ClN6O3. The van der Waals surface area contributed by atoms with Crippen LogP contribution in [0, 0.1) is 22.2 Å². The number of aromatic nitrogens is 5. The van der Waals surface area contributed by atoms with Crippen LogP contribution in [-0.2, 0) is 23.0 Å².